The second-order valence-corrected chi connectivity index (χ2v) is 6.73. The molecule has 0 saturated carbocycles. The number of nitrogens with one attached hydrogen (secondary N) is 2. The molecular formula is C12H15N3O2S2. The number of aryl methyl sites for hydroxylation is 1. The SMILES string of the molecule is CNCc1cc(S(=O)(=O)Nc2cccc(C)n2)cs1. The van der Waals surface area contributed by atoms with Crippen LogP contribution in [0.1, 0.15) is 10.6 Å². The van der Waals surface area contributed by atoms with Gasteiger partial charge < -0.3 is 5.32 Å². The van der Waals surface area contributed by atoms with Crippen LogP contribution in [0.3, 0.4) is 0 Å². The minimum Gasteiger partial charge on any atom is -0.315 e. The molecule has 0 aliphatic rings. The molecule has 0 spiro atoms. The molecule has 2 aromatic heterocycles. The van der Waals surface area contributed by atoms with Gasteiger partial charge >= 0.3 is 0 Å². The highest BCUT2D eigenvalue weighted by atomic mass is 32.2. The molecule has 0 atom stereocenters. The Morgan fingerprint density at radius 3 is 2.84 bits per heavy atom. The lowest BCUT2D eigenvalue weighted by molar-refractivity contribution is 0.601. The van der Waals surface area contributed by atoms with Crippen LogP contribution in [0, 0.1) is 6.92 Å². The van der Waals surface area contributed by atoms with E-state index in [4.69, 9.17) is 0 Å². The van der Waals surface area contributed by atoms with Gasteiger partial charge in [-0.25, -0.2) is 13.4 Å². The molecule has 0 aromatic carbocycles. The Morgan fingerprint density at radius 2 is 2.16 bits per heavy atom. The molecule has 2 heterocycles. The van der Waals surface area contributed by atoms with Crippen LogP contribution in [0.25, 0.3) is 0 Å². The van der Waals surface area contributed by atoms with Gasteiger partial charge in [0.1, 0.15) is 5.82 Å². The van der Waals surface area contributed by atoms with E-state index in [1.54, 1.807) is 23.6 Å². The lowest BCUT2D eigenvalue weighted by Crippen LogP contribution is -2.13. The van der Waals surface area contributed by atoms with Crippen molar-refractivity contribution in [2.45, 2.75) is 18.4 Å². The fourth-order valence-corrected chi connectivity index (χ4v) is 3.85. The van der Waals surface area contributed by atoms with Crippen LogP contribution in [0.15, 0.2) is 34.5 Å². The zero-order valence-electron chi connectivity index (χ0n) is 10.7. The highest BCUT2D eigenvalue weighted by Gasteiger charge is 2.16. The van der Waals surface area contributed by atoms with E-state index in [1.165, 1.54) is 11.3 Å². The average molecular weight is 297 g/mol. The summed E-state index contributed by atoms with van der Waals surface area (Å²) in [4.78, 5) is 5.37. The van der Waals surface area contributed by atoms with E-state index in [-0.39, 0.29) is 4.90 Å². The van der Waals surface area contributed by atoms with Crippen LogP contribution < -0.4 is 10.0 Å². The molecule has 2 N–H and O–H groups in total. The summed E-state index contributed by atoms with van der Waals surface area (Å²) in [6, 6.07) is 6.87. The predicted molar refractivity (Wildman–Crippen MR) is 76.9 cm³/mol. The first kappa shape index (κ1) is 14.0. The summed E-state index contributed by atoms with van der Waals surface area (Å²) in [5.41, 5.74) is 0.765. The van der Waals surface area contributed by atoms with E-state index in [1.807, 2.05) is 20.0 Å². The van der Waals surface area contributed by atoms with Crippen molar-refractivity contribution in [2.75, 3.05) is 11.8 Å². The van der Waals surface area contributed by atoms with Crippen molar-refractivity contribution in [3.63, 3.8) is 0 Å². The van der Waals surface area contributed by atoms with Gasteiger partial charge in [0.2, 0.25) is 0 Å². The normalized spacial score (nSPS) is 11.5. The molecule has 7 heteroatoms. The summed E-state index contributed by atoms with van der Waals surface area (Å²) in [6.07, 6.45) is 0. The van der Waals surface area contributed by atoms with Crippen molar-refractivity contribution in [3.05, 3.63) is 40.2 Å². The summed E-state index contributed by atoms with van der Waals surface area (Å²) < 4.78 is 26.8. The molecule has 0 radical (unpaired) electrons. The van der Waals surface area contributed by atoms with Gasteiger partial charge in [0.15, 0.2) is 0 Å². The molecule has 102 valence electrons. The zero-order valence-corrected chi connectivity index (χ0v) is 12.3. The van der Waals surface area contributed by atoms with Crippen LogP contribution in [-0.4, -0.2) is 20.4 Å². The van der Waals surface area contributed by atoms with Gasteiger partial charge in [-0.05, 0) is 32.2 Å². The maximum absolute atomic E-state index is 12.2. The van der Waals surface area contributed by atoms with Crippen molar-refractivity contribution in [2.24, 2.45) is 0 Å². The molecule has 2 rings (SSSR count). The van der Waals surface area contributed by atoms with Gasteiger partial charge in [-0.15, -0.1) is 11.3 Å². The van der Waals surface area contributed by atoms with E-state index < -0.39 is 10.0 Å². The van der Waals surface area contributed by atoms with E-state index in [0.717, 1.165) is 10.6 Å². The summed E-state index contributed by atoms with van der Waals surface area (Å²) >= 11 is 1.41. The molecule has 2 aromatic rings. The van der Waals surface area contributed by atoms with Crippen LogP contribution in [0.5, 0.6) is 0 Å². The fourth-order valence-electron chi connectivity index (χ4n) is 1.56. The van der Waals surface area contributed by atoms with E-state index in [0.29, 0.717) is 12.4 Å². The smallest absolute Gasteiger partial charge is 0.263 e. The second kappa shape index (κ2) is 5.68. The molecule has 0 aliphatic heterocycles. The van der Waals surface area contributed by atoms with Crippen LogP contribution >= 0.6 is 11.3 Å². The number of pyridine rings is 1. The van der Waals surface area contributed by atoms with Crippen molar-refractivity contribution in [1.82, 2.24) is 10.3 Å². The maximum atomic E-state index is 12.2. The number of hydrogen-bond donors (Lipinski definition) is 2. The summed E-state index contributed by atoms with van der Waals surface area (Å²) in [5.74, 6) is 0.335. The summed E-state index contributed by atoms with van der Waals surface area (Å²) in [5, 5.41) is 4.62. The van der Waals surface area contributed by atoms with E-state index in [2.05, 4.69) is 15.0 Å². The number of rotatable bonds is 5. The molecule has 0 unspecified atom stereocenters. The van der Waals surface area contributed by atoms with Gasteiger partial charge in [0, 0.05) is 22.5 Å². The molecular weight excluding hydrogens is 282 g/mol. The molecule has 5 nitrogen and oxygen atoms in total. The van der Waals surface area contributed by atoms with Crippen LogP contribution in [0.4, 0.5) is 5.82 Å². The number of nitrogens with zero attached hydrogens (tertiary/aromatic N) is 1. The third-order valence-electron chi connectivity index (χ3n) is 2.42. The summed E-state index contributed by atoms with van der Waals surface area (Å²) in [7, 11) is -1.74. The molecule has 0 fully saturated rings. The number of thiophene rings is 1. The average Bonchev–Trinajstić information content (AvgIpc) is 2.78. The van der Waals surface area contributed by atoms with Crippen molar-refractivity contribution < 1.29 is 8.42 Å². The number of aromatic nitrogens is 1. The van der Waals surface area contributed by atoms with Gasteiger partial charge in [-0.3, -0.25) is 4.72 Å². The topological polar surface area (TPSA) is 71.1 Å². The Morgan fingerprint density at radius 1 is 1.37 bits per heavy atom. The molecule has 0 saturated heterocycles. The highest BCUT2D eigenvalue weighted by Crippen LogP contribution is 2.21. The third kappa shape index (κ3) is 3.52. The maximum Gasteiger partial charge on any atom is 0.263 e. The van der Waals surface area contributed by atoms with Gasteiger partial charge in [0.25, 0.3) is 10.0 Å². The number of hydrogen-bond acceptors (Lipinski definition) is 5. The Labute approximate surface area is 116 Å². The Balaban J connectivity index is 2.22. The lowest BCUT2D eigenvalue weighted by Gasteiger charge is -2.05. The van der Waals surface area contributed by atoms with E-state index in [9.17, 15) is 8.42 Å². The van der Waals surface area contributed by atoms with Gasteiger partial charge in [0.05, 0.1) is 4.90 Å². The van der Waals surface area contributed by atoms with E-state index >= 15 is 0 Å². The minimum atomic E-state index is -3.56. The van der Waals surface area contributed by atoms with Crippen molar-refractivity contribution >= 4 is 27.2 Å². The molecule has 19 heavy (non-hydrogen) atoms. The van der Waals surface area contributed by atoms with Gasteiger partial charge in [-0.1, -0.05) is 6.07 Å². The minimum absolute atomic E-state index is 0.269. The van der Waals surface area contributed by atoms with Crippen molar-refractivity contribution in [3.8, 4) is 0 Å². The lowest BCUT2D eigenvalue weighted by atomic mass is 10.4. The predicted octanol–water partition coefficient (Wildman–Crippen LogP) is 1.97. The second-order valence-electron chi connectivity index (χ2n) is 4.05. The molecule has 0 bridgehead atoms. The fraction of sp³-hybridized carbons (Fsp3) is 0.250. The largest absolute Gasteiger partial charge is 0.315 e. The first-order valence-electron chi connectivity index (χ1n) is 5.70. The van der Waals surface area contributed by atoms with Gasteiger partial charge in [-0.2, -0.15) is 0 Å². The number of anilines is 1. The standard InChI is InChI=1S/C12H15N3O2S2/c1-9-4-3-5-12(14-9)15-19(16,17)11-6-10(7-13-2)18-8-11/h3-6,8,13H,7H2,1-2H3,(H,14,15). The molecule has 0 amide bonds. The highest BCUT2D eigenvalue weighted by molar-refractivity contribution is 7.92. The summed E-state index contributed by atoms with van der Waals surface area (Å²) in [6.45, 7) is 2.47. The Bertz CT molecular complexity index is 665. The third-order valence-corrected chi connectivity index (χ3v) is 4.84. The number of sulfonamides is 1. The van der Waals surface area contributed by atoms with Crippen LogP contribution in [-0.2, 0) is 16.6 Å². The Kier molecular flexibility index (Phi) is 4.18. The van der Waals surface area contributed by atoms with Crippen molar-refractivity contribution in [1.29, 1.82) is 0 Å². The first-order chi connectivity index (χ1) is 9.01. The zero-order chi connectivity index (χ0) is 13.9. The molecule has 0 aliphatic carbocycles. The van der Waals surface area contributed by atoms with Crippen LogP contribution in [0.2, 0.25) is 0 Å². The quantitative estimate of drug-likeness (QED) is 0.885. The Hall–Kier alpha value is -1.44. The first-order valence-corrected chi connectivity index (χ1v) is 8.06. The monoisotopic (exact) mass is 297 g/mol.